The molecule has 3 rings (SSSR count). The fourth-order valence-electron chi connectivity index (χ4n) is 2.92. The normalized spacial score (nSPS) is 13.7. The third-order valence-corrected chi connectivity index (χ3v) is 4.62. The zero-order valence-corrected chi connectivity index (χ0v) is 13.7. The number of benzene rings is 3. The minimum Gasteiger partial charge on any atom is -0.283 e. The van der Waals surface area contributed by atoms with E-state index in [0.717, 1.165) is 12.1 Å². The number of fused-ring (bicyclic) bond motifs is 1. The van der Waals surface area contributed by atoms with Crippen molar-refractivity contribution in [3.8, 4) is 12.3 Å². The van der Waals surface area contributed by atoms with Gasteiger partial charge in [0, 0.05) is 6.54 Å². The summed E-state index contributed by atoms with van der Waals surface area (Å²) in [6.07, 6.45) is 5.95. The molecular formula is C22H21N. The molecule has 0 saturated carbocycles. The first-order valence-corrected chi connectivity index (χ1v) is 7.86. The molecule has 3 aromatic rings. The Hall–Kier alpha value is -2.56. The first-order chi connectivity index (χ1) is 11.1. The summed E-state index contributed by atoms with van der Waals surface area (Å²) in [6.45, 7) is 2.93. The molecule has 0 spiro atoms. The van der Waals surface area contributed by atoms with E-state index in [4.69, 9.17) is 6.42 Å². The molecule has 0 saturated heterocycles. The molecule has 0 aliphatic heterocycles. The number of hydrogen-bond acceptors (Lipinski definition) is 1. The Kier molecular flexibility index (Phi) is 4.19. The highest BCUT2D eigenvalue weighted by Gasteiger charge is 2.29. The van der Waals surface area contributed by atoms with Gasteiger partial charge in [-0.2, -0.15) is 0 Å². The van der Waals surface area contributed by atoms with E-state index in [0.29, 0.717) is 0 Å². The van der Waals surface area contributed by atoms with Crippen molar-refractivity contribution in [2.45, 2.75) is 19.0 Å². The van der Waals surface area contributed by atoms with E-state index in [2.05, 4.69) is 91.5 Å². The zero-order chi connectivity index (χ0) is 16.3. The highest BCUT2D eigenvalue weighted by molar-refractivity contribution is 5.83. The predicted molar refractivity (Wildman–Crippen MR) is 98.0 cm³/mol. The average Bonchev–Trinajstić information content (AvgIpc) is 2.61. The van der Waals surface area contributed by atoms with Crippen LogP contribution in [0.2, 0.25) is 0 Å². The molecule has 1 nitrogen and oxygen atoms in total. The fraction of sp³-hybridized carbons (Fsp3) is 0.182. The van der Waals surface area contributed by atoms with Crippen LogP contribution >= 0.6 is 0 Å². The molecule has 1 unspecified atom stereocenters. The lowest BCUT2D eigenvalue weighted by Crippen LogP contribution is -2.39. The lowest BCUT2D eigenvalue weighted by Gasteiger charge is -2.35. The Morgan fingerprint density at radius 1 is 0.913 bits per heavy atom. The van der Waals surface area contributed by atoms with Crippen LogP contribution in [0.1, 0.15) is 18.1 Å². The molecular weight excluding hydrogens is 278 g/mol. The highest BCUT2D eigenvalue weighted by Crippen LogP contribution is 2.30. The Morgan fingerprint density at radius 2 is 1.57 bits per heavy atom. The Bertz CT molecular complexity index is 844. The number of rotatable bonds is 4. The molecule has 0 aromatic heterocycles. The topological polar surface area (TPSA) is 3.24 Å². The largest absolute Gasteiger partial charge is 0.283 e. The van der Waals surface area contributed by atoms with Crippen LogP contribution in [0.25, 0.3) is 10.8 Å². The quantitative estimate of drug-likeness (QED) is 0.624. The number of terminal acetylenes is 1. The molecule has 0 bridgehead atoms. The lowest BCUT2D eigenvalue weighted by atomic mass is 9.89. The number of nitrogens with zero attached hydrogens (tertiary/aromatic N) is 1. The molecule has 0 aliphatic rings. The van der Waals surface area contributed by atoms with E-state index < -0.39 is 5.54 Å². The van der Waals surface area contributed by atoms with Gasteiger partial charge >= 0.3 is 0 Å². The second-order valence-electron chi connectivity index (χ2n) is 6.12. The first kappa shape index (κ1) is 15.3. The summed E-state index contributed by atoms with van der Waals surface area (Å²) in [4.78, 5) is 2.23. The summed E-state index contributed by atoms with van der Waals surface area (Å²) in [5.74, 6) is 3.01. The van der Waals surface area contributed by atoms with Crippen LogP contribution in [0, 0.1) is 12.3 Å². The SMILES string of the molecule is C#CC(C)(c1ccc2ccccc2c1)N(C)Cc1ccccc1. The molecule has 0 heterocycles. The molecule has 114 valence electrons. The minimum absolute atomic E-state index is 0.445. The maximum atomic E-state index is 5.95. The van der Waals surface area contributed by atoms with Crippen molar-refractivity contribution in [2.24, 2.45) is 0 Å². The summed E-state index contributed by atoms with van der Waals surface area (Å²) in [5.41, 5.74) is 1.97. The van der Waals surface area contributed by atoms with Gasteiger partial charge in [-0.3, -0.25) is 4.90 Å². The minimum atomic E-state index is -0.445. The van der Waals surface area contributed by atoms with Crippen LogP contribution in [0.15, 0.2) is 72.8 Å². The summed E-state index contributed by atoms with van der Waals surface area (Å²) in [5, 5.41) is 2.46. The molecule has 0 radical (unpaired) electrons. The van der Waals surface area contributed by atoms with Crippen LogP contribution in [-0.2, 0) is 12.1 Å². The van der Waals surface area contributed by atoms with Crippen molar-refractivity contribution in [3.05, 3.63) is 83.9 Å². The molecule has 3 aromatic carbocycles. The van der Waals surface area contributed by atoms with Crippen LogP contribution in [0.3, 0.4) is 0 Å². The van der Waals surface area contributed by atoms with Crippen LogP contribution in [0.4, 0.5) is 0 Å². The van der Waals surface area contributed by atoms with E-state index in [1.807, 2.05) is 6.07 Å². The summed E-state index contributed by atoms with van der Waals surface area (Å²) >= 11 is 0. The summed E-state index contributed by atoms with van der Waals surface area (Å²) in [6, 6.07) is 25.3. The highest BCUT2D eigenvalue weighted by atomic mass is 15.2. The maximum absolute atomic E-state index is 5.95. The lowest BCUT2D eigenvalue weighted by molar-refractivity contribution is 0.188. The van der Waals surface area contributed by atoms with Gasteiger partial charge in [-0.05, 0) is 41.9 Å². The zero-order valence-electron chi connectivity index (χ0n) is 13.7. The summed E-state index contributed by atoms with van der Waals surface area (Å²) in [7, 11) is 2.09. The molecule has 1 heteroatoms. The van der Waals surface area contributed by atoms with Gasteiger partial charge < -0.3 is 0 Å². The smallest absolute Gasteiger partial charge is 0.105 e. The van der Waals surface area contributed by atoms with Gasteiger partial charge in [0.1, 0.15) is 5.54 Å². The van der Waals surface area contributed by atoms with Gasteiger partial charge in [0.15, 0.2) is 0 Å². The molecule has 0 fully saturated rings. The standard InChI is InChI=1S/C22H21N/c1-4-22(2,23(3)17-18-10-6-5-7-11-18)21-15-14-19-12-8-9-13-20(19)16-21/h1,5-16H,17H2,2-3H3. The van der Waals surface area contributed by atoms with Crippen molar-refractivity contribution < 1.29 is 0 Å². The summed E-state index contributed by atoms with van der Waals surface area (Å²) < 4.78 is 0. The predicted octanol–water partition coefficient (Wildman–Crippen LogP) is 4.82. The van der Waals surface area contributed by atoms with Gasteiger partial charge in [-0.15, -0.1) is 6.42 Å². The molecule has 23 heavy (non-hydrogen) atoms. The van der Waals surface area contributed by atoms with Crippen molar-refractivity contribution in [1.29, 1.82) is 0 Å². The van der Waals surface area contributed by atoms with Crippen LogP contribution < -0.4 is 0 Å². The molecule has 0 amide bonds. The van der Waals surface area contributed by atoms with E-state index in [-0.39, 0.29) is 0 Å². The van der Waals surface area contributed by atoms with Gasteiger partial charge in [0.2, 0.25) is 0 Å². The van der Waals surface area contributed by atoms with Crippen molar-refractivity contribution in [2.75, 3.05) is 7.05 Å². The van der Waals surface area contributed by atoms with E-state index in [9.17, 15) is 0 Å². The van der Waals surface area contributed by atoms with Crippen LogP contribution in [0.5, 0.6) is 0 Å². The van der Waals surface area contributed by atoms with E-state index in [1.165, 1.54) is 16.3 Å². The van der Waals surface area contributed by atoms with E-state index >= 15 is 0 Å². The van der Waals surface area contributed by atoms with E-state index in [1.54, 1.807) is 0 Å². The van der Waals surface area contributed by atoms with Gasteiger partial charge in [0.25, 0.3) is 0 Å². The third kappa shape index (κ3) is 2.99. The first-order valence-electron chi connectivity index (χ1n) is 7.86. The second kappa shape index (κ2) is 6.28. The molecule has 0 N–H and O–H groups in total. The van der Waals surface area contributed by atoms with Crippen molar-refractivity contribution in [1.82, 2.24) is 4.90 Å². The molecule has 1 atom stereocenters. The van der Waals surface area contributed by atoms with Gasteiger partial charge in [-0.1, -0.05) is 72.7 Å². The number of hydrogen-bond donors (Lipinski definition) is 0. The van der Waals surface area contributed by atoms with Crippen LogP contribution in [-0.4, -0.2) is 11.9 Å². The average molecular weight is 299 g/mol. The fourth-order valence-corrected chi connectivity index (χ4v) is 2.92. The Balaban J connectivity index is 1.96. The third-order valence-electron chi connectivity index (χ3n) is 4.62. The maximum Gasteiger partial charge on any atom is 0.105 e. The second-order valence-corrected chi connectivity index (χ2v) is 6.12. The van der Waals surface area contributed by atoms with Gasteiger partial charge in [-0.25, -0.2) is 0 Å². The van der Waals surface area contributed by atoms with Gasteiger partial charge in [0.05, 0.1) is 0 Å². The monoisotopic (exact) mass is 299 g/mol. The Labute approximate surface area is 138 Å². The Morgan fingerprint density at radius 3 is 2.26 bits per heavy atom. The molecule has 0 aliphatic carbocycles. The van der Waals surface area contributed by atoms with Crippen molar-refractivity contribution in [3.63, 3.8) is 0 Å². The van der Waals surface area contributed by atoms with Crippen molar-refractivity contribution >= 4 is 10.8 Å².